The quantitative estimate of drug-likeness (QED) is 0.871. The van der Waals surface area contributed by atoms with Crippen LogP contribution in [0, 0.1) is 13.8 Å². The van der Waals surface area contributed by atoms with Crippen molar-refractivity contribution < 1.29 is 4.79 Å². The number of likely N-dealkylation sites (tertiary alicyclic amines) is 1. The lowest BCUT2D eigenvalue weighted by atomic mass is 9.95. The van der Waals surface area contributed by atoms with Gasteiger partial charge in [-0.3, -0.25) is 4.79 Å². The summed E-state index contributed by atoms with van der Waals surface area (Å²) in [6.45, 7) is 8.39. The molecule has 7 heteroatoms. The number of aromatic nitrogens is 4. The van der Waals surface area contributed by atoms with Crippen LogP contribution in [0.2, 0.25) is 0 Å². The summed E-state index contributed by atoms with van der Waals surface area (Å²) < 4.78 is 2.10. The number of rotatable bonds is 3. The van der Waals surface area contributed by atoms with Gasteiger partial charge in [-0.15, -0.1) is 21.5 Å². The van der Waals surface area contributed by atoms with Crippen LogP contribution in [0.4, 0.5) is 0 Å². The molecule has 0 N–H and O–H groups in total. The van der Waals surface area contributed by atoms with Gasteiger partial charge in [-0.25, -0.2) is 4.98 Å². The van der Waals surface area contributed by atoms with Gasteiger partial charge >= 0.3 is 0 Å². The van der Waals surface area contributed by atoms with E-state index in [0.29, 0.717) is 5.92 Å². The number of hydrogen-bond donors (Lipinski definition) is 0. The number of carbonyl (C=O) groups excluding carboxylic acids is 1. The Morgan fingerprint density at radius 1 is 1.36 bits per heavy atom. The van der Waals surface area contributed by atoms with Gasteiger partial charge in [0.1, 0.15) is 17.0 Å². The van der Waals surface area contributed by atoms with Crippen LogP contribution in [0.25, 0.3) is 0 Å². The zero-order valence-electron chi connectivity index (χ0n) is 13.2. The lowest BCUT2D eigenvalue weighted by Gasteiger charge is -2.31. The molecule has 6 nitrogen and oxygen atoms in total. The van der Waals surface area contributed by atoms with E-state index in [-0.39, 0.29) is 5.91 Å². The Morgan fingerprint density at radius 2 is 2.09 bits per heavy atom. The Morgan fingerprint density at radius 3 is 2.68 bits per heavy atom. The molecule has 0 spiro atoms. The topological polar surface area (TPSA) is 63.9 Å². The molecule has 118 valence electrons. The van der Waals surface area contributed by atoms with Crippen molar-refractivity contribution in [1.29, 1.82) is 0 Å². The van der Waals surface area contributed by atoms with E-state index in [1.54, 1.807) is 6.33 Å². The first-order chi connectivity index (χ1) is 10.6. The van der Waals surface area contributed by atoms with Crippen LogP contribution in [0.15, 0.2) is 6.33 Å². The second-order valence-corrected chi connectivity index (χ2v) is 6.89. The zero-order valence-corrected chi connectivity index (χ0v) is 14.1. The molecule has 0 aromatic carbocycles. The lowest BCUT2D eigenvalue weighted by Crippen LogP contribution is -2.38. The summed E-state index contributed by atoms with van der Waals surface area (Å²) in [6.07, 6.45) is 3.68. The van der Waals surface area contributed by atoms with Crippen molar-refractivity contribution in [3.05, 3.63) is 27.7 Å². The van der Waals surface area contributed by atoms with E-state index < -0.39 is 0 Å². The Balaban J connectivity index is 1.67. The van der Waals surface area contributed by atoms with Crippen molar-refractivity contribution >= 4 is 17.2 Å². The van der Waals surface area contributed by atoms with E-state index in [1.165, 1.54) is 11.3 Å². The molecular formula is C15H21N5OS. The number of thiazole rings is 1. The Hall–Kier alpha value is -1.76. The maximum absolute atomic E-state index is 12.6. The molecule has 3 heterocycles. The molecule has 0 saturated carbocycles. The molecule has 1 saturated heterocycles. The maximum Gasteiger partial charge on any atom is 0.265 e. The van der Waals surface area contributed by atoms with E-state index in [4.69, 9.17) is 0 Å². The predicted molar refractivity (Wildman–Crippen MR) is 85.2 cm³/mol. The molecule has 2 aromatic heterocycles. The minimum atomic E-state index is 0.124. The summed E-state index contributed by atoms with van der Waals surface area (Å²) in [5.74, 6) is 1.58. The highest BCUT2D eigenvalue weighted by molar-refractivity contribution is 7.13. The first-order valence-electron chi connectivity index (χ1n) is 7.71. The van der Waals surface area contributed by atoms with Gasteiger partial charge in [-0.05, 0) is 33.6 Å². The summed E-state index contributed by atoms with van der Waals surface area (Å²) in [7, 11) is 0. The third-order valence-corrected chi connectivity index (χ3v) is 5.29. The van der Waals surface area contributed by atoms with E-state index in [1.807, 2.05) is 18.7 Å². The van der Waals surface area contributed by atoms with Crippen LogP contribution in [0.3, 0.4) is 0 Å². The van der Waals surface area contributed by atoms with Crippen molar-refractivity contribution in [2.45, 2.75) is 46.1 Å². The molecule has 22 heavy (non-hydrogen) atoms. The minimum Gasteiger partial charge on any atom is -0.338 e. The molecule has 1 aliphatic rings. The fourth-order valence-corrected chi connectivity index (χ4v) is 3.93. The van der Waals surface area contributed by atoms with Crippen molar-refractivity contribution in [2.75, 3.05) is 13.1 Å². The third kappa shape index (κ3) is 2.77. The van der Waals surface area contributed by atoms with Gasteiger partial charge in [0, 0.05) is 25.6 Å². The summed E-state index contributed by atoms with van der Waals surface area (Å²) in [5, 5.41) is 9.22. The van der Waals surface area contributed by atoms with Crippen molar-refractivity contribution in [3.8, 4) is 0 Å². The lowest BCUT2D eigenvalue weighted by molar-refractivity contribution is 0.0714. The third-order valence-electron chi connectivity index (χ3n) is 4.23. The van der Waals surface area contributed by atoms with Gasteiger partial charge < -0.3 is 9.47 Å². The molecular weight excluding hydrogens is 298 g/mol. The summed E-state index contributed by atoms with van der Waals surface area (Å²) in [6, 6.07) is 0. The van der Waals surface area contributed by atoms with Gasteiger partial charge in [0.2, 0.25) is 0 Å². The average molecular weight is 319 g/mol. The van der Waals surface area contributed by atoms with Crippen LogP contribution in [0.1, 0.15) is 51.9 Å². The fourth-order valence-electron chi connectivity index (χ4n) is 3.04. The highest BCUT2D eigenvalue weighted by Gasteiger charge is 2.28. The molecule has 1 aliphatic heterocycles. The van der Waals surface area contributed by atoms with Gasteiger partial charge in [0.25, 0.3) is 5.91 Å². The predicted octanol–water partition coefficient (Wildman–Crippen LogP) is 2.39. The minimum absolute atomic E-state index is 0.124. The van der Waals surface area contributed by atoms with E-state index in [2.05, 4.69) is 26.7 Å². The van der Waals surface area contributed by atoms with Gasteiger partial charge in [-0.1, -0.05) is 0 Å². The molecule has 0 radical (unpaired) electrons. The number of nitrogens with zero attached hydrogens (tertiary/aromatic N) is 5. The number of amides is 1. The summed E-state index contributed by atoms with van der Waals surface area (Å²) in [4.78, 5) is 19.7. The first-order valence-corrected chi connectivity index (χ1v) is 8.52. The first kappa shape index (κ1) is 15.1. The van der Waals surface area contributed by atoms with Crippen LogP contribution in [-0.2, 0) is 6.54 Å². The average Bonchev–Trinajstić information content (AvgIpc) is 3.12. The van der Waals surface area contributed by atoms with Crippen LogP contribution in [0.5, 0.6) is 0 Å². The molecule has 0 aliphatic carbocycles. The number of carbonyl (C=O) groups is 1. The van der Waals surface area contributed by atoms with E-state index in [9.17, 15) is 4.79 Å². The smallest absolute Gasteiger partial charge is 0.265 e. The largest absolute Gasteiger partial charge is 0.338 e. The van der Waals surface area contributed by atoms with Crippen LogP contribution in [-0.4, -0.2) is 43.6 Å². The number of piperidine rings is 1. The molecule has 0 atom stereocenters. The van der Waals surface area contributed by atoms with Gasteiger partial charge in [0.15, 0.2) is 0 Å². The normalized spacial score (nSPS) is 16.2. The highest BCUT2D eigenvalue weighted by atomic mass is 32.1. The van der Waals surface area contributed by atoms with Gasteiger partial charge in [-0.2, -0.15) is 0 Å². The second kappa shape index (κ2) is 6.16. The van der Waals surface area contributed by atoms with E-state index >= 15 is 0 Å². The molecule has 1 fully saturated rings. The van der Waals surface area contributed by atoms with Crippen molar-refractivity contribution in [3.63, 3.8) is 0 Å². The van der Waals surface area contributed by atoms with Gasteiger partial charge in [0.05, 0.1) is 10.7 Å². The van der Waals surface area contributed by atoms with Crippen molar-refractivity contribution in [1.82, 2.24) is 24.6 Å². The van der Waals surface area contributed by atoms with E-state index in [0.717, 1.165) is 53.9 Å². The molecule has 3 rings (SSSR count). The second-order valence-electron chi connectivity index (χ2n) is 5.69. The Kier molecular flexibility index (Phi) is 4.24. The molecule has 0 bridgehead atoms. The highest BCUT2D eigenvalue weighted by Crippen LogP contribution is 2.28. The molecule has 0 unspecified atom stereocenters. The Labute approximate surface area is 134 Å². The van der Waals surface area contributed by atoms with Crippen molar-refractivity contribution in [2.24, 2.45) is 0 Å². The monoisotopic (exact) mass is 319 g/mol. The SMILES string of the molecule is CCn1cnnc1C1CCN(C(=O)c2sc(C)nc2C)CC1. The zero-order chi connectivity index (χ0) is 15.7. The number of aryl methyl sites for hydroxylation is 3. The summed E-state index contributed by atoms with van der Waals surface area (Å²) >= 11 is 1.49. The van der Waals surface area contributed by atoms with Crippen LogP contribution >= 0.6 is 11.3 Å². The number of hydrogen-bond acceptors (Lipinski definition) is 5. The molecule has 2 aromatic rings. The molecule has 1 amide bonds. The Bertz CT molecular complexity index is 669. The maximum atomic E-state index is 12.6. The summed E-state index contributed by atoms with van der Waals surface area (Å²) in [5.41, 5.74) is 0.848. The van der Waals surface area contributed by atoms with Crippen LogP contribution < -0.4 is 0 Å². The fraction of sp³-hybridized carbons (Fsp3) is 0.600. The standard InChI is InChI=1S/C15H21N5OS/c1-4-19-9-16-18-14(19)12-5-7-20(8-6-12)15(21)13-10(2)17-11(3)22-13/h9,12H,4-8H2,1-3H3.